The predicted octanol–water partition coefficient (Wildman–Crippen LogP) is 0.662. The summed E-state index contributed by atoms with van der Waals surface area (Å²) in [7, 11) is 0. The third-order valence-electron chi connectivity index (χ3n) is 4.22. The van der Waals surface area contributed by atoms with Gasteiger partial charge in [0.2, 0.25) is 0 Å². The molecule has 0 saturated carbocycles. The van der Waals surface area contributed by atoms with Crippen molar-refractivity contribution in [1.29, 1.82) is 0 Å². The summed E-state index contributed by atoms with van der Waals surface area (Å²) < 4.78 is 6.16. The van der Waals surface area contributed by atoms with Crippen LogP contribution in [0.2, 0.25) is 6.32 Å². The summed E-state index contributed by atoms with van der Waals surface area (Å²) in [6.45, 7) is 4.21. The van der Waals surface area contributed by atoms with Crippen LogP contribution in [0.5, 0.6) is 0 Å². The molecule has 4 heteroatoms. The normalized spacial score (nSPS) is 26.3. The van der Waals surface area contributed by atoms with Gasteiger partial charge in [0.25, 0.3) is 0 Å². The summed E-state index contributed by atoms with van der Waals surface area (Å²) in [6, 6.07) is 6.51. The van der Waals surface area contributed by atoms with E-state index in [0.29, 0.717) is 0 Å². The van der Waals surface area contributed by atoms with Crippen molar-refractivity contribution in [3.63, 3.8) is 0 Å². The van der Waals surface area contributed by atoms with Crippen LogP contribution >= 0.6 is 0 Å². The zero-order valence-corrected chi connectivity index (χ0v) is 11.1. The Morgan fingerprint density at radius 3 is 3.22 bits per heavy atom. The van der Waals surface area contributed by atoms with Crippen molar-refractivity contribution in [3.05, 3.63) is 29.3 Å². The zero-order chi connectivity index (χ0) is 12.4. The van der Waals surface area contributed by atoms with Gasteiger partial charge in [0.05, 0.1) is 0 Å². The highest BCUT2D eigenvalue weighted by molar-refractivity contribution is 6.81. The summed E-state index contributed by atoms with van der Waals surface area (Å²) >= 11 is 0. The molecule has 3 rings (SSSR count). The van der Waals surface area contributed by atoms with Crippen molar-refractivity contribution < 1.29 is 9.88 Å². The largest absolute Gasteiger partial charge is 0.532 e. The molecule has 1 aromatic rings. The minimum Gasteiger partial charge on any atom is -0.532 e. The Labute approximate surface area is 109 Å². The van der Waals surface area contributed by atoms with Crippen LogP contribution in [0.4, 0.5) is 0 Å². The number of hydrogen-bond acceptors (Lipinski definition) is 2. The maximum atomic E-state index is 6.16. The van der Waals surface area contributed by atoms with E-state index in [1.807, 2.05) is 6.21 Å². The molecule has 2 N–H and O–H groups in total. The van der Waals surface area contributed by atoms with Crippen molar-refractivity contribution in [3.8, 4) is 0 Å². The monoisotopic (exact) mass is 244 g/mol. The first-order valence-electron chi connectivity index (χ1n) is 7.13. The molecular formula is C14H21BN2O. The number of nitrogens with two attached hydrogens (primary N) is 1. The molecule has 1 atom stereocenters. The molecule has 2 aliphatic heterocycles. The molecule has 18 heavy (non-hydrogen) atoms. The Kier molecular flexibility index (Phi) is 3.23. The quantitative estimate of drug-likeness (QED) is 0.615. The molecular weight excluding hydrogens is 223 g/mol. The van der Waals surface area contributed by atoms with E-state index in [1.54, 1.807) is 0 Å². The topological polar surface area (TPSA) is 38.2 Å². The molecule has 2 aliphatic rings. The Bertz CT molecular complexity index is 467. The lowest BCUT2D eigenvalue weighted by Crippen LogP contribution is -3.00. The highest BCUT2D eigenvalue weighted by Crippen LogP contribution is 2.23. The minimum atomic E-state index is -0.829. The fourth-order valence-electron chi connectivity index (χ4n) is 3.42. The number of rotatable bonds is 3. The Hall–Kier alpha value is -1.13. The zero-order valence-electron chi connectivity index (χ0n) is 11.1. The standard InChI is InChI=1S/C14H21BN2O/c1-2-8-16-10-12-5-3-6-13-11-18-15(14(12)13)7-4-9-17-15/h3,5-6,10H,2,4,7-9,11,17H2,1H3/b16-10-. The van der Waals surface area contributed by atoms with Crippen molar-refractivity contribution in [2.75, 3.05) is 13.1 Å². The van der Waals surface area contributed by atoms with Gasteiger partial charge in [0, 0.05) is 25.9 Å². The summed E-state index contributed by atoms with van der Waals surface area (Å²) in [4.78, 5) is 4.51. The second-order valence-electron chi connectivity index (χ2n) is 5.46. The minimum absolute atomic E-state index is 0.779. The van der Waals surface area contributed by atoms with Crippen LogP contribution in [-0.4, -0.2) is 25.8 Å². The van der Waals surface area contributed by atoms with E-state index in [9.17, 15) is 0 Å². The number of nitrogens with zero attached hydrogens (tertiary/aromatic N) is 1. The van der Waals surface area contributed by atoms with Crippen LogP contribution in [0.15, 0.2) is 23.2 Å². The number of aliphatic imine (C=N–C) groups is 1. The van der Waals surface area contributed by atoms with Gasteiger partial charge in [-0.3, -0.25) is 4.99 Å². The molecule has 2 heterocycles. The van der Waals surface area contributed by atoms with Crippen LogP contribution in [0.1, 0.15) is 30.9 Å². The summed E-state index contributed by atoms with van der Waals surface area (Å²) in [5.74, 6) is 0. The van der Waals surface area contributed by atoms with E-state index in [0.717, 1.165) is 19.6 Å². The van der Waals surface area contributed by atoms with E-state index in [-0.39, 0.29) is 0 Å². The third kappa shape index (κ3) is 1.89. The van der Waals surface area contributed by atoms with Crippen LogP contribution in [0.3, 0.4) is 0 Å². The molecule has 1 spiro atoms. The van der Waals surface area contributed by atoms with E-state index in [1.165, 1.54) is 35.9 Å². The fourth-order valence-corrected chi connectivity index (χ4v) is 3.42. The van der Waals surface area contributed by atoms with Crippen LogP contribution in [-0.2, 0) is 11.3 Å². The molecule has 0 amide bonds. The summed E-state index contributed by atoms with van der Waals surface area (Å²) in [5.41, 5.74) is 4.08. The number of benzene rings is 1. The molecule has 0 aliphatic carbocycles. The van der Waals surface area contributed by atoms with Gasteiger partial charge in [-0.2, -0.15) is 0 Å². The third-order valence-corrected chi connectivity index (χ3v) is 4.22. The van der Waals surface area contributed by atoms with E-state index in [4.69, 9.17) is 4.65 Å². The van der Waals surface area contributed by atoms with Gasteiger partial charge < -0.3 is 9.88 Å². The van der Waals surface area contributed by atoms with E-state index >= 15 is 0 Å². The molecule has 0 aromatic heterocycles. The second-order valence-corrected chi connectivity index (χ2v) is 5.46. The van der Waals surface area contributed by atoms with Gasteiger partial charge in [-0.1, -0.05) is 37.0 Å². The Morgan fingerprint density at radius 2 is 2.44 bits per heavy atom. The van der Waals surface area contributed by atoms with Crippen LogP contribution in [0, 0.1) is 0 Å². The van der Waals surface area contributed by atoms with Crippen molar-refractivity contribution in [2.24, 2.45) is 4.99 Å². The van der Waals surface area contributed by atoms with E-state index < -0.39 is 6.48 Å². The first-order chi connectivity index (χ1) is 8.86. The highest BCUT2D eigenvalue weighted by atomic mass is 16.5. The van der Waals surface area contributed by atoms with E-state index in [2.05, 4.69) is 35.3 Å². The van der Waals surface area contributed by atoms with Gasteiger partial charge in [-0.05, 0) is 18.4 Å². The van der Waals surface area contributed by atoms with Gasteiger partial charge in [0.1, 0.15) is 0 Å². The number of hydrogen-bond donors (Lipinski definition) is 1. The lowest BCUT2D eigenvalue weighted by molar-refractivity contribution is -0.530. The lowest BCUT2D eigenvalue weighted by atomic mass is 9.45. The molecule has 1 aromatic carbocycles. The van der Waals surface area contributed by atoms with Crippen LogP contribution in [0.25, 0.3) is 0 Å². The fraction of sp³-hybridized carbons (Fsp3) is 0.500. The first kappa shape index (κ1) is 11.9. The molecule has 3 nitrogen and oxygen atoms in total. The predicted molar refractivity (Wildman–Crippen MR) is 75.6 cm³/mol. The van der Waals surface area contributed by atoms with Gasteiger partial charge >= 0.3 is 6.48 Å². The molecule has 1 unspecified atom stereocenters. The maximum Gasteiger partial charge on any atom is 0.361 e. The molecule has 0 bridgehead atoms. The Balaban J connectivity index is 1.99. The summed E-state index contributed by atoms with van der Waals surface area (Å²) in [5, 5.41) is 2.42. The molecule has 0 radical (unpaired) electrons. The van der Waals surface area contributed by atoms with Gasteiger partial charge in [0.15, 0.2) is 0 Å². The van der Waals surface area contributed by atoms with Crippen molar-refractivity contribution in [2.45, 2.75) is 32.7 Å². The highest BCUT2D eigenvalue weighted by Gasteiger charge is 2.44. The second kappa shape index (κ2) is 4.86. The van der Waals surface area contributed by atoms with Crippen LogP contribution < -0.4 is 10.7 Å². The lowest BCUT2D eigenvalue weighted by Gasteiger charge is -2.27. The number of quaternary nitrogens is 1. The van der Waals surface area contributed by atoms with Gasteiger partial charge in [-0.15, -0.1) is 5.46 Å². The SMILES string of the molecule is CCC/N=C\c1cccc2c1[B-]1(CCC[NH2+]1)OC2. The molecule has 1 saturated heterocycles. The first-order valence-corrected chi connectivity index (χ1v) is 7.13. The smallest absolute Gasteiger partial charge is 0.361 e. The maximum absolute atomic E-state index is 6.16. The molecule has 96 valence electrons. The van der Waals surface area contributed by atoms with Gasteiger partial charge in [-0.25, -0.2) is 0 Å². The summed E-state index contributed by atoms with van der Waals surface area (Å²) in [6.07, 6.45) is 5.60. The Morgan fingerprint density at radius 1 is 1.50 bits per heavy atom. The van der Waals surface area contributed by atoms with Crippen molar-refractivity contribution in [1.82, 2.24) is 0 Å². The average molecular weight is 244 g/mol. The van der Waals surface area contributed by atoms with Crippen molar-refractivity contribution >= 4 is 18.2 Å². The molecule has 1 fully saturated rings. The average Bonchev–Trinajstić information content (AvgIpc) is 3.00. The number of fused-ring (bicyclic) bond motifs is 2.